The molecule has 0 saturated heterocycles. The number of rotatable bonds is 3. The van der Waals surface area contributed by atoms with E-state index in [-0.39, 0.29) is 29.8 Å². The number of hydrogen-bond donors (Lipinski definition) is 2. The smallest absolute Gasteiger partial charge is 0.408 e. The van der Waals surface area contributed by atoms with Crippen molar-refractivity contribution in [1.29, 1.82) is 0 Å². The summed E-state index contributed by atoms with van der Waals surface area (Å²) < 4.78 is 5.03. The molecule has 2 rings (SSSR count). The third-order valence-corrected chi connectivity index (χ3v) is 2.69. The molecule has 2 aromatic rings. The van der Waals surface area contributed by atoms with Crippen LogP contribution < -0.4 is 11.1 Å². The normalized spacial score (nSPS) is 9.50. The third kappa shape index (κ3) is 4.96. The van der Waals surface area contributed by atoms with Gasteiger partial charge in [-0.15, -0.1) is 0 Å². The minimum Gasteiger partial charge on any atom is -0.445 e. The molecule has 0 radical (unpaired) electrons. The van der Waals surface area contributed by atoms with Gasteiger partial charge in [-0.05, 0) is 11.5 Å². The van der Waals surface area contributed by atoms with Crippen molar-refractivity contribution in [3.05, 3.63) is 52.9 Å². The molecule has 1 aromatic heterocycles. The number of halogens is 1. The van der Waals surface area contributed by atoms with Gasteiger partial charge < -0.3 is 15.8 Å². The Morgan fingerprint density at radius 1 is 1.36 bits per heavy atom. The van der Waals surface area contributed by atoms with Crippen molar-refractivity contribution in [1.82, 2.24) is 15.3 Å². The number of hydrogen-bond acceptors (Lipinski definition) is 5. The summed E-state index contributed by atoms with van der Waals surface area (Å²) in [7, 11) is 0. The number of aromatic nitrogens is 2. The summed E-state index contributed by atoms with van der Waals surface area (Å²) in [5.74, 6) is 5.56. The first-order valence-corrected chi connectivity index (χ1v) is 6.74. The summed E-state index contributed by atoms with van der Waals surface area (Å²) in [6, 6.07) is 9.38. The number of amides is 1. The maximum atomic E-state index is 11.5. The van der Waals surface area contributed by atoms with Gasteiger partial charge in [0.25, 0.3) is 0 Å². The Kier molecular flexibility index (Phi) is 5.57. The number of alkyl carbamates (subject to hydrolysis) is 1. The third-order valence-electron chi connectivity index (χ3n) is 2.51. The topological polar surface area (TPSA) is 90.1 Å². The molecule has 1 heterocycles. The predicted molar refractivity (Wildman–Crippen MR) is 83.0 cm³/mol. The number of nitrogens with zero attached hydrogens (tertiary/aromatic N) is 2. The van der Waals surface area contributed by atoms with Crippen molar-refractivity contribution >= 4 is 23.5 Å². The highest BCUT2D eigenvalue weighted by Crippen LogP contribution is 2.07. The van der Waals surface area contributed by atoms with E-state index in [1.807, 2.05) is 30.3 Å². The van der Waals surface area contributed by atoms with Gasteiger partial charge in [0.05, 0.1) is 12.7 Å². The lowest BCUT2D eigenvalue weighted by atomic mass is 10.2. The van der Waals surface area contributed by atoms with Crippen LogP contribution in [0.1, 0.15) is 11.3 Å². The van der Waals surface area contributed by atoms with E-state index in [1.165, 1.54) is 6.20 Å². The second-order valence-corrected chi connectivity index (χ2v) is 4.53. The molecule has 0 unspecified atom stereocenters. The van der Waals surface area contributed by atoms with Crippen molar-refractivity contribution in [3.63, 3.8) is 0 Å². The summed E-state index contributed by atoms with van der Waals surface area (Å²) >= 11 is 5.69. The molecule has 6 nitrogen and oxygen atoms in total. The van der Waals surface area contributed by atoms with Gasteiger partial charge in [0.15, 0.2) is 11.5 Å². The van der Waals surface area contributed by atoms with Crippen molar-refractivity contribution in [2.45, 2.75) is 6.61 Å². The van der Waals surface area contributed by atoms with Gasteiger partial charge in [-0.3, -0.25) is 0 Å². The number of carbonyl (C=O) groups excluding carboxylic acids is 1. The number of carbonyl (C=O) groups is 1. The van der Waals surface area contributed by atoms with Crippen LogP contribution in [0.4, 0.5) is 10.6 Å². The number of benzene rings is 1. The van der Waals surface area contributed by atoms with Crippen LogP contribution in [0.5, 0.6) is 0 Å². The minimum absolute atomic E-state index is 0.0985. The molecule has 0 fully saturated rings. The van der Waals surface area contributed by atoms with E-state index in [0.717, 1.165) is 5.56 Å². The van der Waals surface area contributed by atoms with Gasteiger partial charge in [-0.1, -0.05) is 47.9 Å². The van der Waals surface area contributed by atoms with Gasteiger partial charge in [0.1, 0.15) is 11.8 Å². The predicted octanol–water partition coefficient (Wildman–Crippen LogP) is 1.99. The maximum absolute atomic E-state index is 11.5. The Labute approximate surface area is 132 Å². The lowest BCUT2D eigenvalue weighted by molar-refractivity contribution is 0.141. The van der Waals surface area contributed by atoms with Gasteiger partial charge in [-0.25, -0.2) is 14.8 Å². The van der Waals surface area contributed by atoms with E-state index in [1.54, 1.807) is 0 Å². The van der Waals surface area contributed by atoms with E-state index in [9.17, 15) is 4.79 Å². The van der Waals surface area contributed by atoms with Gasteiger partial charge >= 0.3 is 6.09 Å². The molecule has 0 aliphatic heterocycles. The number of ether oxygens (including phenoxy) is 1. The largest absolute Gasteiger partial charge is 0.445 e. The lowest BCUT2D eigenvalue weighted by Crippen LogP contribution is -2.24. The number of nitrogens with one attached hydrogen (secondary N) is 1. The van der Waals surface area contributed by atoms with Gasteiger partial charge in [0.2, 0.25) is 0 Å². The van der Waals surface area contributed by atoms with E-state index in [0.29, 0.717) is 0 Å². The summed E-state index contributed by atoms with van der Waals surface area (Å²) in [5, 5.41) is 2.70. The van der Waals surface area contributed by atoms with Crippen molar-refractivity contribution in [3.8, 4) is 11.8 Å². The summed E-state index contributed by atoms with van der Waals surface area (Å²) in [4.78, 5) is 19.2. The highest BCUT2D eigenvalue weighted by atomic mass is 35.5. The van der Waals surface area contributed by atoms with Crippen molar-refractivity contribution in [2.75, 3.05) is 12.3 Å². The number of nitrogens with two attached hydrogens (primary N) is 1. The second-order valence-electron chi connectivity index (χ2n) is 4.14. The average molecular weight is 317 g/mol. The summed E-state index contributed by atoms with van der Waals surface area (Å²) in [6.07, 6.45) is 0.782. The van der Waals surface area contributed by atoms with Crippen LogP contribution in [0, 0.1) is 11.8 Å². The monoisotopic (exact) mass is 316 g/mol. The summed E-state index contributed by atoms with van der Waals surface area (Å²) in [6.45, 7) is 0.300. The molecule has 0 aliphatic rings. The molecule has 0 saturated carbocycles. The van der Waals surface area contributed by atoms with Crippen LogP contribution in [0.2, 0.25) is 5.15 Å². The standard InChI is InChI=1S/C15H13ClN4O2/c16-13-9-19-14(17)12(20-13)7-4-8-18-15(21)22-10-11-5-2-1-3-6-11/h1-3,5-6,9H,8,10H2,(H2,17,19)(H,18,21). The molecule has 0 spiro atoms. The van der Waals surface area contributed by atoms with E-state index < -0.39 is 6.09 Å². The van der Waals surface area contributed by atoms with Crippen molar-refractivity contribution < 1.29 is 9.53 Å². The molecular formula is C15H13ClN4O2. The SMILES string of the molecule is Nc1ncc(Cl)nc1C#CCNC(=O)OCc1ccccc1. The molecule has 7 heteroatoms. The molecule has 0 bridgehead atoms. The van der Waals surface area contributed by atoms with Crippen LogP contribution in [0.3, 0.4) is 0 Å². The first-order valence-electron chi connectivity index (χ1n) is 6.36. The number of nitrogen functional groups attached to an aromatic ring is 1. The molecule has 0 atom stereocenters. The Hall–Kier alpha value is -2.78. The summed E-state index contributed by atoms with van der Waals surface area (Å²) in [5.41, 5.74) is 6.78. The number of anilines is 1. The van der Waals surface area contributed by atoms with E-state index >= 15 is 0 Å². The molecule has 1 aromatic carbocycles. The van der Waals surface area contributed by atoms with Crippen molar-refractivity contribution in [2.24, 2.45) is 0 Å². The molecule has 0 aliphatic carbocycles. The lowest BCUT2D eigenvalue weighted by Gasteiger charge is -2.04. The maximum Gasteiger partial charge on any atom is 0.408 e. The van der Waals surface area contributed by atoms with E-state index in [4.69, 9.17) is 22.1 Å². The molecule has 22 heavy (non-hydrogen) atoms. The average Bonchev–Trinajstić information content (AvgIpc) is 2.53. The molecule has 3 N–H and O–H groups in total. The zero-order valence-electron chi connectivity index (χ0n) is 11.5. The van der Waals surface area contributed by atoms with E-state index in [2.05, 4.69) is 27.1 Å². The molecule has 1 amide bonds. The van der Waals surface area contributed by atoms with Crippen LogP contribution in [0.15, 0.2) is 36.5 Å². The molecular weight excluding hydrogens is 304 g/mol. The van der Waals surface area contributed by atoms with Gasteiger partial charge in [-0.2, -0.15) is 0 Å². The highest BCUT2D eigenvalue weighted by molar-refractivity contribution is 6.29. The Bertz CT molecular complexity index is 710. The zero-order valence-corrected chi connectivity index (χ0v) is 12.3. The zero-order chi connectivity index (χ0) is 15.8. The van der Waals surface area contributed by atoms with Crippen LogP contribution in [0.25, 0.3) is 0 Å². The Morgan fingerprint density at radius 3 is 2.91 bits per heavy atom. The quantitative estimate of drug-likeness (QED) is 0.845. The van der Waals surface area contributed by atoms with Crippen LogP contribution in [-0.2, 0) is 11.3 Å². The Balaban J connectivity index is 1.78. The molecule has 112 valence electrons. The second kappa shape index (κ2) is 7.86. The van der Waals surface area contributed by atoms with Crippen LogP contribution >= 0.6 is 11.6 Å². The fourth-order valence-electron chi connectivity index (χ4n) is 1.49. The first kappa shape index (κ1) is 15.6. The fourth-order valence-corrected chi connectivity index (χ4v) is 1.62. The minimum atomic E-state index is -0.552. The Morgan fingerprint density at radius 2 is 2.14 bits per heavy atom. The fraction of sp³-hybridized carbons (Fsp3) is 0.133. The highest BCUT2D eigenvalue weighted by Gasteiger charge is 2.01. The van der Waals surface area contributed by atoms with Gasteiger partial charge in [0, 0.05) is 0 Å². The van der Waals surface area contributed by atoms with Crippen LogP contribution in [-0.4, -0.2) is 22.6 Å². The first-order chi connectivity index (χ1) is 10.6.